The molecule has 0 unspecified atom stereocenters. The third kappa shape index (κ3) is 4.42. The fourth-order valence-corrected chi connectivity index (χ4v) is 2.03. The summed E-state index contributed by atoms with van der Waals surface area (Å²) in [7, 11) is 0. The number of nitrogens with one attached hydrogen (secondary N) is 1. The Kier molecular flexibility index (Phi) is 5.09. The van der Waals surface area contributed by atoms with Crippen molar-refractivity contribution in [1.29, 1.82) is 0 Å². The van der Waals surface area contributed by atoms with Crippen LogP contribution in [0.1, 0.15) is 10.4 Å². The summed E-state index contributed by atoms with van der Waals surface area (Å²) in [6, 6.07) is 9.91. The number of carbonyl (C=O) groups excluding carboxylic acids is 2. The SMILES string of the molecule is O=C(COC(=O)c1cc[n+]([O-])cc1)Nc1ccccc1I. The molecule has 2 rings (SSSR count). The smallest absolute Gasteiger partial charge is 0.339 e. The van der Waals surface area contributed by atoms with E-state index in [2.05, 4.69) is 27.9 Å². The molecule has 0 radical (unpaired) electrons. The molecule has 0 aliphatic heterocycles. The van der Waals surface area contributed by atoms with Crippen molar-refractivity contribution in [3.05, 3.63) is 63.1 Å². The molecule has 0 aliphatic carbocycles. The van der Waals surface area contributed by atoms with Crippen LogP contribution in [0.4, 0.5) is 5.69 Å². The van der Waals surface area contributed by atoms with Gasteiger partial charge in [0, 0.05) is 15.7 Å². The van der Waals surface area contributed by atoms with E-state index in [1.165, 1.54) is 24.5 Å². The fraction of sp³-hybridized carbons (Fsp3) is 0.0714. The van der Waals surface area contributed by atoms with Gasteiger partial charge in [-0.3, -0.25) is 4.79 Å². The van der Waals surface area contributed by atoms with Gasteiger partial charge >= 0.3 is 5.97 Å². The quantitative estimate of drug-likeness (QED) is 0.368. The van der Waals surface area contributed by atoms with Crippen LogP contribution in [0, 0.1) is 8.78 Å². The minimum absolute atomic E-state index is 0.212. The van der Waals surface area contributed by atoms with Crippen LogP contribution < -0.4 is 10.0 Å². The van der Waals surface area contributed by atoms with Crippen molar-refractivity contribution in [1.82, 2.24) is 0 Å². The number of ether oxygens (including phenoxy) is 1. The lowest BCUT2D eigenvalue weighted by molar-refractivity contribution is -0.605. The summed E-state index contributed by atoms with van der Waals surface area (Å²) in [6.45, 7) is -0.393. The van der Waals surface area contributed by atoms with E-state index in [-0.39, 0.29) is 5.56 Å². The first kappa shape index (κ1) is 15.2. The Morgan fingerprint density at radius 2 is 1.86 bits per heavy atom. The Morgan fingerprint density at radius 1 is 1.19 bits per heavy atom. The van der Waals surface area contributed by atoms with Gasteiger partial charge in [-0.05, 0) is 34.7 Å². The van der Waals surface area contributed by atoms with Gasteiger partial charge in [-0.2, -0.15) is 4.73 Å². The van der Waals surface area contributed by atoms with Crippen LogP contribution in [0.5, 0.6) is 0 Å². The number of aromatic nitrogens is 1. The van der Waals surface area contributed by atoms with Gasteiger partial charge in [0.05, 0.1) is 11.3 Å². The van der Waals surface area contributed by atoms with Gasteiger partial charge in [0.1, 0.15) is 0 Å². The molecule has 0 spiro atoms. The van der Waals surface area contributed by atoms with Gasteiger partial charge in [-0.25, -0.2) is 4.79 Å². The van der Waals surface area contributed by atoms with Crippen LogP contribution >= 0.6 is 22.6 Å². The number of benzene rings is 1. The minimum atomic E-state index is -0.659. The Labute approximate surface area is 134 Å². The first-order chi connectivity index (χ1) is 10.1. The maximum atomic E-state index is 11.7. The molecule has 7 heteroatoms. The molecule has 0 saturated carbocycles. The van der Waals surface area contributed by atoms with Crippen molar-refractivity contribution >= 4 is 40.2 Å². The van der Waals surface area contributed by atoms with E-state index in [1.54, 1.807) is 12.1 Å². The first-order valence-corrected chi connectivity index (χ1v) is 7.04. The van der Waals surface area contributed by atoms with Gasteiger partial charge in [-0.15, -0.1) is 0 Å². The molecule has 1 amide bonds. The molecule has 0 fully saturated rings. The number of hydrogen-bond donors (Lipinski definition) is 1. The minimum Gasteiger partial charge on any atom is -0.619 e. The standard InChI is InChI=1S/C14H11IN2O4/c15-11-3-1-2-4-12(11)16-13(18)9-21-14(19)10-5-7-17(20)8-6-10/h1-8H,9H2,(H,16,18). The number of carbonyl (C=O) groups is 2. The average Bonchev–Trinajstić information content (AvgIpc) is 2.48. The van der Waals surface area contributed by atoms with Crippen LogP contribution in [0.2, 0.25) is 0 Å². The van der Waals surface area contributed by atoms with E-state index in [0.717, 1.165) is 3.57 Å². The van der Waals surface area contributed by atoms with E-state index in [0.29, 0.717) is 10.4 Å². The zero-order valence-corrected chi connectivity index (χ0v) is 12.9. The molecule has 2 aromatic rings. The largest absolute Gasteiger partial charge is 0.619 e. The van der Waals surface area contributed by atoms with Crippen molar-refractivity contribution in [3.63, 3.8) is 0 Å². The number of pyridine rings is 1. The number of nitrogens with zero attached hydrogens (tertiary/aromatic N) is 1. The summed E-state index contributed by atoms with van der Waals surface area (Å²) in [4.78, 5) is 23.4. The van der Waals surface area contributed by atoms with Crippen molar-refractivity contribution in [2.24, 2.45) is 0 Å². The Bertz CT molecular complexity index is 658. The number of amides is 1. The highest BCUT2D eigenvalue weighted by Gasteiger charge is 2.11. The van der Waals surface area contributed by atoms with Crippen molar-refractivity contribution in [3.8, 4) is 0 Å². The second-order valence-electron chi connectivity index (χ2n) is 4.05. The number of anilines is 1. The summed E-state index contributed by atoms with van der Waals surface area (Å²) in [5.74, 6) is -1.09. The van der Waals surface area contributed by atoms with Crippen LogP contribution in [0.3, 0.4) is 0 Å². The number of esters is 1. The molecular weight excluding hydrogens is 387 g/mol. The fourth-order valence-electron chi connectivity index (χ4n) is 1.51. The second kappa shape index (κ2) is 7.02. The molecule has 0 saturated heterocycles. The molecule has 21 heavy (non-hydrogen) atoms. The molecular formula is C14H11IN2O4. The number of para-hydroxylation sites is 1. The predicted octanol–water partition coefficient (Wildman–Crippen LogP) is 1.72. The molecule has 1 N–H and O–H groups in total. The van der Waals surface area contributed by atoms with E-state index >= 15 is 0 Å². The van der Waals surface area contributed by atoms with E-state index < -0.39 is 18.5 Å². The summed E-state index contributed by atoms with van der Waals surface area (Å²) >= 11 is 2.09. The molecule has 0 aliphatic rings. The summed E-state index contributed by atoms with van der Waals surface area (Å²) < 4.78 is 6.32. The van der Waals surface area contributed by atoms with Gasteiger partial charge in [-0.1, -0.05) is 12.1 Å². The molecule has 0 bridgehead atoms. The zero-order chi connectivity index (χ0) is 15.2. The van der Waals surface area contributed by atoms with Crippen molar-refractivity contribution in [2.75, 3.05) is 11.9 Å². The second-order valence-corrected chi connectivity index (χ2v) is 5.21. The maximum absolute atomic E-state index is 11.7. The first-order valence-electron chi connectivity index (χ1n) is 5.96. The van der Waals surface area contributed by atoms with Crippen molar-refractivity contribution in [2.45, 2.75) is 0 Å². The maximum Gasteiger partial charge on any atom is 0.339 e. The average molecular weight is 398 g/mol. The number of hydrogen-bond acceptors (Lipinski definition) is 4. The normalized spacial score (nSPS) is 9.95. The summed E-state index contributed by atoms with van der Waals surface area (Å²) in [6.07, 6.45) is 2.37. The summed E-state index contributed by atoms with van der Waals surface area (Å²) in [5, 5.41) is 13.5. The molecule has 1 aromatic carbocycles. The van der Waals surface area contributed by atoms with Gasteiger partial charge in [0.15, 0.2) is 19.0 Å². The third-order valence-corrected chi connectivity index (χ3v) is 3.46. The van der Waals surface area contributed by atoms with Gasteiger partial charge < -0.3 is 15.3 Å². The highest BCUT2D eigenvalue weighted by molar-refractivity contribution is 14.1. The van der Waals surface area contributed by atoms with Crippen LogP contribution in [-0.4, -0.2) is 18.5 Å². The van der Waals surface area contributed by atoms with Gasteiger partial charge in [0.25, 0.3) is 5.91 Å². The lowest BCUT2D eigenvalue weighted by atomic mass is 10.3. The van der Waals surface area contributed by atoms with E-state index in [1.807, 2.05) is 12.1 Å². The highest BCUT2D eigenvalue weighted by Crippen LogP contribution is 2.16. The molecule has 1 heterocycles. The lowest BCUT2D eigenvalue weighted by Crippen LogP contribution is -2.25. The summed E-state index contributed by atoms with van der Waals surface area (Å²) in [5.41, 5.74) is 0.871. The molecule has 6 nitrogen and oxygen atoms in total. The highest BCUT2D eigenvalue weighted by atomic mass is 127. The Morgan fingerprint density at radius 3 is 2.52 bits per heavy atom. The van der Waals surface area contributed by atoms with E-state index in [4.69, 9.17) is 4.74 Å². The number of halogens is 1. The van der Waals surface area contributed by atoms with Crippen molar-refractivity contribution < 1.29 is 19.1 Å². The molecule has 0 atom stereocenters. The van der Waals surface area contributed by atoms with Crippen LogP contribution in [0.15, 0.2) is 48.8 Å². The van der Waals surface area contributed by atoms with Crippen LogP contribution in [-0.2, 0) is 9.53 Å². The lowest BCUT2D eigenvalue weighted by Gasteiger charge is -2.08. The topological polar surface area (TPSA) is 82.3 Å². The monoisotopic (exact) mass is 398 g/mol. The number of rotatable bonds is 4. The zero-order valence-electron chi connectivity index (χ0n) is 10.8. The molecule has 1 aromatic heterocycles. The Balaban J connectivity index is 1.88. The third-order valence-electron chi connectivity index (χ3n) is 2.52. The van der Waals surface area contributed by atoms with E-state index in [9.17, 15) is 14.8 Å². The predicted molar refractivity (Wildman–Crippen MR) is 83.5 cm³/mol. The Hall–Kier alpha value is -2.16. The molecule has 108 valence electrons. The van der Waals surface area contributed by atoms with Gasteiger partial charge in [0.2, 0.25) is 0 Å². The van der Waals surface area contributed by atoms with Crippen LogP contribution in [0.25, 0.3) is 0 Å².